The third-order valence-corrected chi connectivity index (χ3v) is 5.26. The molecule has 3 aromatic rings. The molecule has 0 spiro atoms. The van der Waals surface area contributed by atoms with E-state index in [1.807, 2.05) is 0 Å². The van der Waals surface area contributed by atoms with Crippen LogP contribution in [0.2, 0.25) is 0 Å². The van der Waals surface area contributed by atoms with Gasteiger partial charge >= 0.3 is 0 Å². The largest absolute Gasteiger partial charge is 0.305 e. The summed E-state index contributed by atoms with van der Waals surface area (Å²) in [5.74, 6) is 1.22. The zero-order valence-corrected chi connectivity index (χ0v) is 14.8. The van der Waals surface area contributed by atoms with Gasteiger partial charge in [-0.1, -0.05) is 67.8 Å². The Bertz CT molecular complexity index is 839. The summed E-state index contributed by atoms with van der Waals surface area (Å²) in [5.41, 5.74) is 2.65. The zero-order chi connectivity index (χ0) is 16.9. The number of aryl methyl sites for hydroxylation is 1. The van der Waals surface area contributed by atoms with E-state index < -0.39 is 0 Å². The van der Waals surface area contributed by atoms with Crippen LogP contribution in [0.15, 0.2) is 71.9 Å². The first-order valence-corrected chi connectivity index (χ1v) is 9.57. The van der Waals surface area contributed by atoms with Gasteiger partial charge in [0.05, 0.1) is 11.6 Å². The van der Waals surface area contributed by atoms with Gasteiger partial charge in [-0.05, 0) is 42.3 Å². The summed E-state index contributed by atoms with van der Waals surface area (Å²) in [6.45, 7) is 0. The quantitative estimate of drug-likeness (QED) is 0.421. The van der Waals surface area contributed by atoms with Crippen molar-refractivity contribution in [2.24, 2.45) is 4.99 Å². The number of aliphatic imine (C=N–C) groups is 1. The first kappa shape index (κ1) is 16.1. The maximum Gasteiger partial charge on any atom is 0.108 e. The topological polar surface area (TPSA) is 17.3 Å². The highest BCUT2D eigenvalue weighted by Crippen LogP contribution is 2.23. The van der Waals surface area contributed by atoms with E-state index in [1.54, 1.807) is 0 Å². The fourth-order valence-corrected chi connectivity index (χ4v) is 3.88. The Kier molecular flexibility index (Phi) is 4.96. The third-order valence-electron chi connectivity index (χ3n) is 5.26. The number of hydrogen-bond acceptors (Lipinski definition) is 1. The standard InChI is InChI=1S/C23H26N2/c1-3-9-19(10-4-1)15-16-23(24-21-12-5-2-6-13-21)25-18-17-20-11-7-8-14-22(20)25/h1,3-4,7-11,14,17-18,21H,2,5-6,12-13,15-16H2. The van der Waals surface area contributed by atoms with Gasteiger partial charge in [0.2, 0.25) is 0 Å². The number of para-hydroxylation sites is 1. The first-order valence-electron chi connectivity index (χ1n) is 9.57. The maximum atomic E-state index is 5.22. The average Bonchev–Trinajstić information content (AvgIpc) is 3.11. The minimum absolute atomic E-state index is 0.501. The SMILES string of the molecule is c1ccc(CCC(=NC2CCCCC2)n2ccc3ccccc32)cc1. The van der Waals surface area contributed by atoms with Crippen LogP contribution in [0.5, 0.6) is 0 Å². The summed E-state index contributed by atoms with van der Waals surface area (Å²) < 4.78 is 2.31. The van der Waals surface area contributed by atoms with Crippen molar-refractivity contribution in [3.8, 4) is 0 Å². The van der Waals surface area contributed by atoms with Gasteiger partial charge in [0.1, 0.15) is 5.84 Å². The van der Waals surface area contributed by atoms with Gasteiger partial charge in [-0.25, -0.2) is 0 Å². The smallest absolute Gasteiger partial charge is 0.108 e. The normalized spacial score (nSPS) is 16.4. The second-order valence-electron chi connectivity index (χ2n) is 7.07. The molecule has 128 valence electrons. The lowest BCUT2D eigenvalue weighted by molar-refractivity contribution is 0.442. The number of fused-ring (bicyclic) bond motifs is 1. The van der Waals surface area contributed by atoms with E-state index in [0.717, 1.165) is 12.8 Å². The Balaban J connectivity index is 1.64. The predicted molar refractivity (Wildman–Crippen MR) is 106 cm³/mol. The Morgan fingerprint density at radius 1 is 0.880 bits per heavy atom. The van der Waals surface area contributed by atoms with Gasteiger partial charge in [-0.3, -0.25) is 4.99 Å². The average molecular weight is 330 g/mol. The fourth-order valence-electron chi connectivity index (χ4n) is 3.88. The highest BCUT2D eigenvalue weighted by atomic mass is 15.1. The van der Waals surface area contributed by atoms with E-state index in [2.05, 4.69) is 71.4 Å². The summed E-state index contributed by atoms with van der Waals surface area (Å²) in [4.78, 5) is 5.22. The van der Waals surface area contributed by atoms with Crippen molar-refractivity contribution >= 4 is 16.7 Å². The van der Waals surface area contributed by atoms with Crippen molar-refractivity contribution < 1.29 is 0 Å². The van der Waals surface area contributed by atoms with Crippen molar-refractivity contribution in [2.45, 2.75) is 51.0 Å². The molecule has 0 bridgehead atoms. The molecule has 1 saturated carbocycles. The third kappa shape index (κ3) is 3.84. The van der Waals surface area contributed by atoms with E-state index in [-0.39, 0.29) is 0 Å². The molecule has 1 aromatic heterocycles. The molecule has 0 unspecified atom stereocenters. The van der Waals surface area contributed by atoms with Gasteiger partial charge in [-0.2, -0.15) is 0 Å². The number of benzene rings is 2. The van der Waals surface area contributed by atoms with Crippen LogP contribution in [0.4, 0.5) is 0 Å². The molecule has 0 amide bonds. The zero-order valence-electron chi connectivity index (χ0n) is 14.8. The number of nitrogens with zero attached hydrogens (tertiary/aromatic N) is 2. The number of rotatable bonds is 4. The Morgan fingerprint density at radius 2 is 1.64 bits per heavy atom. The summed E-state index contributed by atoms with van der Waals surface area (Å²) in [7, 11) is 0. The second kappa shape index (κ2) is 7.69. The molecule has 25 heavy (non-hydrogen) atoms. The summed E-state index contributed by atoms with van der Waals surface area (Å²) in [6, 6.07) is 22.1. The second-order valence-corrected chi connectivity index (χ2v) is 7.07. The van der Waals surface area contributed by atoms with Crippen molar-refractivity contribution in [2.75, 3.05) is 0 Å². The number of aromatic nitrogens is 1. The van der Waals surface area contributed by atoms with Crippen molar-refractivity contribution in [3.63, 3.8) is 0 Å². The van der Waals surface area contributed by atoms with Crippen LogP contribution in [0, 0.1) is 0 Å². The summed E-state index contributed by atoms with van der Waals surface area (Å²) >= 11 is 0. The highest BCUT2D eigenvalue weighted by Gasteiger charge is 2.15. The molecule has 2 heteroatoms. The molecule has 0 N–H and O–H groups in total. The van der Waals surface area contributed by atoms with Crippen LogP contribution >= 0.6 is 0 Å². The molecule has 0 radical (unpaired) electrons. The van der Waals surface area contributed by atoms with Crippen molar-refractivity contribution in [1.82, 2.24) is 4.57 Å². The van der Waals surface area contributed by atoms with Crippen molar-refractivity contribution in [1.29, 1.82) is 0 Å². The Labute approximate surface area is 150 Å². The van der Waals surface area contributed by atoms with E-state index in [9.17, 15) is 0 Å². The molecule has 0 saturated heterocycles. The van der Waals surface area contributed by atoms with Crippen LogP contribution in [-0.4, -0.2) is 16.4 Å². The van der Waals surface area contributed by atoms with Crippen molar-refractivity contribution in [3.05, 3.63) is 72.4 Å². The molecule has 1 heterocycles. The molecule has 4 rings (SSSR count). The summed E-state index contributed by atoms with van der Waals surface area (Å²) in [6.07, 6.45) is 10.7. The molecule has 0 aliphatic heterocycles. The molecule has 2 nitrogen and oxygen atoms in total. The van der Waals surface area contributed by atoms with Gasteiger partial charge in [-0.15, -0.1) is 0 Å². The molecule has 1 aliphatic carbocycles. The lowest BCUT2D eigenvalue weighted by Gasteiger charge is -2.20. The monoisotopic (exact) mass is 330 g/mol. The Morgan fingerprint density at radius 3 is 2.48 bits per heavy atom. The summed E-state index contributed by atoms with van der Waals surface area (Å²) in [5, 5.41) is 1.29. The minimum atomic E-state index is 0.501. The van der Waals surface area contributed by atoms with Gasteiger partial charge in [0, 0.05) is 12.6 Å². The highest BCUT2D eigenvalue weighted by molar-refractivity contribution is 5.95. The van der Waals surface area contributed by atoms with E-state index in [1.165, 1.54) is 54.4 Å². The lowest BCUT2D eigenvalue weighted by atomic mass is 9.96. The van der Waals surface area contributed by atoms with Gasteiger partial charge in [0.15, 0.2) is 0 Å². The molecular formula is C23H26N2. The molecular weight excluding hydrogens is 304 g/mol. The number of hydrogen-bond donors (Lipinski definition) is 0. The fraction of sp³-hybridized carbons (Fsp3) is 0.348. The van der Waals surface area contributed by atoms with Crippen LogP contribution in [-0.2, 0) is 6.42 Å². The van der Waals surface area contributed by atoms with E-state index in [0.29, 0.717) is 6.04 Å². The van der Waals surface area contributed by atoms with E-state index >= 15 is 0 Å². The van der Waals surface area contributed by atoms with Crippen LogP contribution in [0.25, 0.3) is 10.9 Å². The first-order chi connectivity index (χ1) is 12.4. The molecule has 1 aliphatic rings. The molecule has 2 aromatic carbocycles. The van der Waals surface area contributed by atoms with Gasteiger partial charge < -0.3 is 4.57 Å². The maximum absolute atomic E-state index is 5.22. The van der Waals surface area contributed by atoms with Gasteiger partial charge in [0.25, 0.3) is 0 Å². The van der Waals surface area contributed by atoms with Crippen LogP contribution in [0.3, 0.4) is 0 Å². The lowest BCUT2D eigenvalue weighted by Crippen LogP contribution is -2.18. The molecule has 0 atom stereocenters. The van der Waals surface area contributed by atoms with Crippen LogP contribution in [0.1, 0.15) is 44.1 Å². The predicted octanol–water partition coefficient (Wildman–Crippen LogP) is 5.85. The molecule has 1 fully saturated rings. The minimum Gasteiger partial charge on any atom is -0.305 e. The Hall–Kier alpha value is -2.35. The van der Waals surface area contributed by atoms with E-state index in [4.69, 9.17) is 4.99 Å². The van der Waals surface area contributed by atoms with Crippen LogP contribution < -0.4 is 0 Å².